The highest BCUT2D eigenvalue weighted by Gasteiger charge is 2.29. The van der Waals surface area contributed by atoms with Crippen LogP contribution in [0.5, 0.6) is 0 Å². The van der Waals surface area contributed by atoms with Crippen molar-refractivity contribution in [2.45, 2.75) is 23.0 Å². The number of piperidine rings is 1. The molecule has 1 aliphatic heterocycles. The minimum absolute atomic E-state index is 0.195. The van der Waals surface area contributed by atoms with Crippen LogP contribution in [0, 0.1) is 5.82 Å². The number of carbonyl (C=O) groups is 1. The van der Waals surface area contributed by atoms with E-state index in [0.717, 1.165) is 12.1 Å². The molecule has 3 rings (SSSR count). The zero-order chi connectivity index (χ0) is 21.2. The summed E-state index contributed by atoms with van der Waals surface area (Å²) in [5, 5.41) is -0.429. The van der Waals surface area contributed by atoms with Gasteiger partial charge in [0.15, 0.2) is 0 Å². The van der Waals surface area contributed by atoms with Gasteiger partial charge in [-0.3, -0.25) is 9.52 Å². The summed E-state index contributed by atoms with van der Waals surface area (Å²) in [7, 11) is -7.21. The molecule has 10 heteroatoms. The molecule has 0 radical (unpaired) electrons. The molecule has 1 aliphatic rings. The minimum atomic E-state index is -4.09. The van der Waals surface area contributed by atoms with Gasteiger partial charge in [-0.05, 0) is 49.2 Å². The predicted molar refractivity (Wildman–Crippen MR) is 107 cm³/mol. The molecule has 29 heavy (non-hydrogen) atoms. The van der Waals surface area contributed by atoms with Crippen molar-refractivity contribution in [1.29, 1.82) is 0 Å². The fourth-order valence-corrected chi connectivity index (χ4v) is 5.43. The summed E-state index contributed by atoms with van der Waals surface area (Å²) in [4.78, 5) is 13.7. The Balaban J connectivity index is 1.68. The number of halogens is 1. The van der Waals surface area contributed by atoms with Gasteiger partial charge in [0.2, 0.25) is 0 Å². The first-order valence-corrected chi connectivity index (χ1v) is 12.4. The minimum Gasteiger partial charge on any atom is -0.339 e. The van der Waals surface area contributed by atoms with Crippen LogP contribution in [-0.2, 0) is 19.9 Å². The van der Waals surface area contributed by atoms with Gasteiger partial charge in [-0.25, -0.2) is 21.2 Å². The molecule has 0 saturated carbocycles. The number of rotatable bonds is 5. The van der Waals surface area contributed by atoms with E-state index in [0.29, 0.717) is 31.5 Å². The van der Waals surface area contributed by atoms with Gasteiger partial charge in [-0.2, -0.15) is 0 Å². The molecule has 2 aromatic carbocycles. The number of nitrogens with one attached hydrogen (secondary N) is 1. The lowest BCUT2D eigenvalue weighted by molar-refractivity contribution is 0.0726. The van der Waals surface area contributed by atoms with Crippen molar-refractivity contribution >= 4 is 31.5 Å². The lowest BCUT2D eigenvalue weighted by Gasteiger charge is -2.31. The van der Waals surface area contributed by atoms with Crippen LogP contribution in [0.2, 0.25) is 0 Å². The number of carbonyl (C=O) groups excluding carboxylic acids is 1. The van der Waals surface area contributed by atoms with E-state index in [2.05, 4.69) is 4.72 Å². The molecule has 0 unspecified atom stereocenters. The topological polar surface area (TPSA) is 101 Å². The summed E-state index contributed by atoms with van der Waals surface area (Å²) in [5.74, 6) is -1.11. The lowest BCUT2D eigenvalue weighted by atomic mass is 10.1. The summed E-state index contributed by atoms with van der Waals surface area (Å²) >= 11 is 0. The van der Waals surface area contributed by atoms with E-state index < -0.39 is 35.8 Å². The standard InChI is InChI=1S/C19H21FN2O5S2/c1-28(24,25)16-10-12-22(13-11-16)19(23)14-6-8-15(9-7-14)21-29(26,27)18-5-3-2-4-17(18)20/h2-9,16,21H,10-13H2,1H3. The van der Waals surface area contributed by atoms with Crippen LogP contribution < -0.4 is 4.72 Å². The fourth-order valence-electron chi connectivity index (χ4n) is 3.22. The van der Waals surface area contributed by atoms with Gasteiger partial charge in [-0.15, -0.1) is 0 Å². The molecule has 1 heterocycles. The van der Waals surface area contributed by atoms with E-state index in [1.54, 1.807) is 4.90 Å². The summed E-state index contributed by atoms with van der Waals surface area (Å²) in [5.41, 5.74) is 0.553. The van der Waals surface area contributed by atoms with Gasteiger partial charge < -0.3 is 4.90 Å². The smallest absolute Gasteiger partial charge is 0.264 e. The summed E-state index contributed by atoms with van der Waals surface area (Å²) < 4.78 is 63.9. The van der Waals surface area contributed by atoms with E-state index in [1.807, 2.05) is 0 Å². The number of benzene rings is 2. The zero-order valence-electron chi connectivity index (χ0n) is 15.7. The molecule has 1 amide bonds. The molecular weight excluding hydrogens is 419 g/mol. The number of hydrogen-bond acceptors (Lipinski definition) is 5. The maximum atomic E-state index is 13.8. The van der Waals surface area contributed by atoms with Crippen LogP contribution in [0.4, 0.5) is 10.1 Å². The summed E-state index contributed by atoms with van der Waals surface area (Å²) in [6.45, 7) is 0.691. The van der Waals surface area contributed by atoms with Gasteiger partial charge in [0.1, 0.15) is 20.5 Å². The Labute approximate surface area is 169 Å². The average molecular weight is 441 g/mol. The van der Waals surface area contributed by atoms with Gasteiger partial charge in [0.05, 0.1) is 5.25 Å². The van der Waals surface area contributed by atoms with Crippen LogP contribution >= 0.6 is 0 Å². The Hall–Kier alpha value is -2.46. The van der Waals surface area contributed by atoms with Crippen LogP contribution in [0.25, 0.3) is 0 Å². The van der Waals surface area contributed by atoms with Crippen molar-refractivity contribution in [2.75, 3.05) is 24.1 Å². The van der Waals surface area contributed by atoms with Crippen LogP contribution in [0.15, 0.2) is 53.4 Å². The van der Waals surface area contributed by atoms with Crippen molar-refractivity contribution in [2.24, 2.45) is 0 Å². The van der Waals surface area contributed by atoms with Crippen molar-refractivity contribution in [3.8, 4) is 0 Å². The Kier molecular flexibility index (Phi) is 5.95. The molecule has 0 aromatic heterocycles. The van der Waals surface area contributed by atoms with Gasteiger partial charge >= 0.3 is 0 Å². The normalized spacial score (nSPS) is 15.9. The number of nitrogens with zero attached hydrogens (tertiary/aromatic N) is 1. The average Bonchev–Trinajstić information content (AvgIpc) is 2.67. The van der Waals surface area contributed by atoms with Crippen LogP contribution in [0.3, 0.4) is 0 Å². The SMILES string of the molecule is CS(=O)(=O)C1CCN(C(=O)c2ccc(NS(=O)(=O)c3ccccc3F)cc2)CC1. The maximum absolute atomic E-state index is 13.8. The lowest BCUT2D eigenvalue weighted by Crippen LogP contribution is -2.42. The van der Waals surface area contributed by atoms with Crippen LogP contribution in [-0.4, -0.2) is 52.2 Å². The largest absolute Gasteiger partial charge is 0.339 e. The highest BCUT2D eigenvalue weighted by molar-refractivity contribution is 7.92. The van der Waals surface area contributed by atoms with Crippen LogP contribution in [0.1, 0.15) is 23.2 Å². The van der Waals surface area contributed by atoms with Gasteiger partial charge in [-0.1, -0.05) is 12.1 Å². The van der Waals surface area contributed by atoms with Crippen molar-refractivity contribution < 1.29 is 26.0 Å². The Bertz CT molecular complexity index is 1110. The van der Waals surface area contributed by atoms with E-state index in [1.165, 1.54) is 42.7 Å². The third kappa shape index (κ3) is 4.94. The second-order valence-corrected chi connectivity index (χ2v) is 10.9. The Morgan fingerprint density at radius 2 is 1.59 bits per heavy atom. The molecular formula is C19H21FN2O5S2. The number of amides is 1. The van der Waals surface area contributed by atoms with E-state index in [9.17, 15) is 26.0 Å². The quantitative estimate of drug-likeness (QED) is 0.769. The fraction of sp³-hybridized carbons (Fsp3) is 0.316. The number of sulfonamides is 1. The predicted octanol–water partition coefficient (Wildman–Crippen LogP) is 2.28. The van der Waals surface area contributed by atoms with Crippen molar-refractivity contribution in [1.82, 2.24) is 4.90 Å². The Morgan fingerprint density at radius 3 is 2.14 bits per heavy atom. The van der Waals surface area contributed by atoms with Crippen molar-refractivity contribution in [3.63, 3.8) is 0 Å². The van der Waals surface area contributed by atoms with Gasteiger partial charge in [0, 0.05) is 30.6 Å². The van der Waals surface area contributed by atoms with E-state index in [-0.39, 0.29) is 11.6 Å². The monoisotopic (exact) mass is 440 g/mol. The molecule has 0 atom stereocenters. The third-order valence-corrected chi connectivity index (χ3v) is 7.94. The molecule has 0 aliphatic carbocycles. The number of anilines is 1. The maximum Gasteiger partial charge on any atom is 0.264 e. The molecule has 7 nitrogen and oxygen atoms in total. The van der Waals surface area contributed by atoms with E-state index >= 15 is 0 Å². The van der Waals surface area contributed by atoms with Crippen molar-refractivity contribution in [3.05, 3.63) is 59.9 Å². The second-order valence-electron chi connectivity index (χ2n) is 6.93. The molecule has 2 aromatic rings. The third-order valence-electron chi connectivity index (χ3n) is 4.84. The highest BCUT2D eigenvalue weighted by Crippen LogP contribution is 2.21. The molecule has 156 valence electrons. The molecule has 1 saturated heterocycles. The first-order chi connectivity index (χ1) is 13.6. The summed E-state index contributed by atoms with van der Waals surface area (Å²) in [6.07, 6.45) is 1.99. The number of sulfone groups is 1. The number of hydrogen-bond donors (Lipinski definition) is 1. The highest BCUT2D eigenvalue weighted by atomic mass is 32.2. The number of likely N-dealkylation sites (tertiary alicyclic amines) is 1. The van der Waals surface area contributed by atoms with E-state index in [4.69, 9.17) is 0 Å². The zero-order valence-corrected chi connectivity index (χ0v) is 17.3. The first-order valence-electron chi connectivity index (χ1n) is 8.93. The Morgan fingerprint density at radius 1 is 1.00 bits per heavy atom. The summed E-state index contributed by atoms with van der Waals surface area (Å²) in [6, 6.07) is 10.8. The first kappa shape index (κ1) is 21.3. The molecule has 0 bridgehead atoms. The molecule has 1 fully saturated rings. The second kappa shape index (κ2) is 8.11. The molecule has 0 spiro atoms. The van der Waals surface area contributed by atoms with Gasteiger partial charge in [0.25, 0.3) is 15.9 Å². The molecule has 1 N–H and O–H groups in total.